The molecule has 21 heavy (non-hydrogen) atoms. The van der Waals surface area contributed by atoms with Gasteiger partial charge in [-0.1, -0.05) is 20.8 Å². The van der Waals surface area contributed by atoms with E-state index in [0.717, 1.165) is 31.7 Å². The van der Waals surface area contributed by atoms with Crippen LogP contribution < -0.4 is 5.73 Å². The second-order valence-corrected chi connectivity index (χ2v) is 7.63. The van der Waals surface area contributed by atoms with Crippen LogP contribution in [0.15, 0.2) is 12.1 Å². The van der Waals surface area contributed by atoms with Crippen LogP contribution >= 0.6 is 0 Å². The highest BCUT2D eigenvalue weighted by Crippen LogP contribution is 2.43. The molecule has 1 unspecified atom stereocenters. The van der Waals surface area contributed by atoms with Gasteiger partial charge in [0.15, 0.2) is 0 Å². The van der Waals surface area contributed by atoms with Crippen molar-refractivity contribution in [2.75, 3.05) is 0 Å². The van der Waals surface area contributed by atoms with E-state index in [-0.39, 0.29) is 6.04 Å². The first kappa shape index (κ1) is 16.4. The van der Waals surface area contributed by atoms with Gasteiger partial charge >= 0.3 is 0 Å². The predicted molar refractivity (Wildman–Crippen MR) is 82.9 cm³/mol. The molecule has 0 aromatic heterocycles. The summed E-state index contributed by atoms with van der Waals surface area (Å²) >= 11 is 0. The van der Waals surface area contributed by atoms with Crippen LogP contribution in [-0.2, 0) is 0 Å². The number of hydrogen-bond acceptors (Lipinski definition) is 1. The van der Waals surface area contributed by atoms with E-state index in [9.17, 15) is 8.78 Å². The first-order valence-electron chi connectivity index (χ1n) is 7.91. The fourth-order valence-corrected chi connectivity index (χ4v) is 3.53. The Morgan fingerprint density at radius 1 is 1.05 bits per heavy atom. The van der Waals surface area contributed by atoms with E-state index < -0.39 is 11.6 Å². The highest BCUT2D eigenvalue weighted by Gasteiger charge is 2.33. The van der Waals surface area contributed by atoms with Gasteiger partial charge in [-0.25, -0.2) is 8.78 Å². The number of rotatable bonds is 2. The fraction of sp³-hybridized carbons (Fsp3) is 0.667. The van der Waals surface area contributed by atoms with Crippen LogP contribution in [0, 0.1) is 35.8 Å². The molecule has 1 aliphatic rings. The zero-order chi connectivity index (χ0) is 15.8. The Morgan fingerprint density at radius 2 is 1.62 bits per heavy atom. The smallest absolute Gasteiger partial charge is 0.130 e. The minimum absolute atomic E-state index is 0.294. The largest absolute Gasteiger partial charge is 0.324 e. The second kappa shape index (κ2) is 6.04. The van der Waals surface area contributed by atoms with Crippen molar-refractivity contribution in [3.63, 3.8) is 0 Å². The van der Waals surface area contributed by atoms with Crippen LogP contribution in [0.2, 0.25) is 0 Å². The molecule has 3 heteroatoms. The van der Waals surface area contributed by atoms with Crippen LogP contribution in [-0.4, -0.2) is 0 Å². The van der Waals surface area contributed by atoms with Crippen molar-refractivity contribution in [3.05, 3.63) is 34.9 Å². The lowest BCUT2D eigenvalue weighted by atomic mass is 9.68. The number of hydrogen-bond donors (Lipinski definition) is 1. The van der Waals surface area contributed by atoms with Gasteiger partial charge in [-0.15, -0.1) is 0 Å². The lowest BCUT2D eigenvalue weighted by Gasteiger charge is -2.38. The van der Waals surface area contributed by atoms with Gasteiger partial charge in [-0.3, -0.25) is 0 Å². The lowest BCUT2D eigenvalue weighted by Crippen LogP contribution is -2.31. The summed E-state index contributed by atoms with van der Waals surface area (Å²) in [5.41, 5.74) is 7.54. The minimum Gasteiger partial charge on any atom is -0.324 e. The van der Waals surface area contributed by atoms with E-state index in [0.29, 0.717) is 28.4 Å². The molecule has 0 amide bonds. The molecule has 1 aromatic carbocycles. The summed E-state index contributed by atoms with van der Waals surface area (Å²) in [5, 5.41) is 0. The molecule has 1 fully saturated rings. The van der Waals surface area contributed by atoms with Gasteiger partial charge in [0.05, 0.1) is 0 Å². The summed E-state index contributed by atoms with van der Waals surface area (Å²) in [6.07, 6.45) is 4.34. The van der Waals surface area contributed by atoms with Crippen molar-refractivity contribution in [2.45, 2.75) is 59.4 Å². The maximum Gasteiger partial charge on any atom is 0.130 e. The Morgan fingerprint density at radius 3 is 2.14 bits per heavy atom. The zero-order valence-corrected chi connectivity index (χ0v) is 13.5. The maximum atomic E-state index is 14.0. The third kappa shape index (κ3) is 3.63. The molecule has 1 aliphatic carbocycles. The van der Waals surface area contributed by atoms with E-state index in [4.69, 9.17) is 5.73 Å². The number of halogens is 2. The first-order valence-corrected chi connectivity index (χ1v) is 7.91. The Balaban J connectivity index is 2.09. The van der Waals surface area contributed by atoms with Crippen molar-refractivity contribution in [1.82, 2.24) is 0 Å². The average molecular weight is 295 g/mol. The maximum absolute atomic E-state index is 14.0. The van der Waals surface area contributed by atoms with E-state index in [1.807, 2.05) is 0 Å². The van der Waals surface area contributed by atoms with Gasteiger partial charge in [0.1, 0.15) is 11.6 Å². The van der Waals surface area contributed by atoms with Crippen LogP contribution in [0.1, 0.15) is 63.6 Å². The minimum atomic E-state index is -0.511. The monoisotopic (exact) mass is 295 g/mol. The Labute approximate surface area is 126 Å². The van der Waals surface area contributed by atoms with Gasteiger partial charge in [0, 0.05) is 17.7 Å². The summed E-state index contributed by atoms with van der Waals surface area (Å²) in [5.74, 6) is -0.00727. The molecule has 0 aliphatic heterocycles. The molecule has 118 valence electrons. The summed E-state index contributed by atoms with van der Waals surface area (Å²) in [6.45, 7) is 8.49. The Kier molecular flexibility index (Phi) is 4.72. The summed E-state index contributed by atoms with van der Waals surface area (Å²) < 4.78 is 27.3. The summed E-state index contributed by atoms with van der Waals surface area (Å²) in [6, 6.07) is 2.21. The molecule has 2 rings (SSSR count). The van der Waals surface area contributed by atoms with Crippen LogP contribution in [0.25, 0.3) is 0 Å². The number of nitrogens with two attached hydrogens (primary N) is 1. The normalized spacial score (nSPS) is 24.9. The highest BCUT2D eigenvalue weighted by molar-refractivity contribution is 5.28. The van der Waals surface area contributed by atoms with E-state index in [1.165, 1.54) is 0 Å². The predicted octanol–water partition coefficient (Wildman–Crippen LogP) is 5.13. The van der Waals surface area contributed by atoms with E-state index in [2.05, 4.69) is 20.8 Å². The van der Waals surface area contributed by atoms with Gasteiger partial charge in [0.25, 0.3) is 0 Å². The average Bonchev–Trinajstić information content (AvgIpc) is 2.41. The quantitative estimate of drug-likeness (QED) is 0.804. The van der Waals surface area contributed by atoms with E-state index in [1.54, 1.807) is 13.0 Å². The van der Waals surface area contributed by atoms with Crippen molar-refractivity contribution < 1.29 is 8.78 Å². The molecule has 0 saturated heterocycles. The third-order valence-electron chi connectivity index (χ3n) is 5.14. The summed E-state index contributed by atoms with van der Waals surface area (Å²) in [7, 11) is 0. The Bertz CT molecular complexity index is 497. The first-order chi connectivity index (χ1) is 9.70. The SMILES string of the molecule is Cc1cc(C(N)C2CCC(C(C)(C)C)CC2)c(F)cc1F. The van der Waals surface area contributed by atoms with Gasteiger partial charge in [0.2, 0.25) is 0 Å². The standard InChI is InChI=1S/C18H27F2N/c1-11-9-14(16(20)10-15(11)19)17(21)12-5-7-13(8-6-12)18(2,3)4/h9-10,12-13,17H,5-8,21H2,1-4H3. The molecular formula is C18H27F2N. The third-order valence-corrected chi connectivity index (χ3v) is 5.14. The number of benzene rings is 1. The molecule has 0 radical (unpaired) electrons. The van der Waals surface area contributed by atoms with Crippen molar-refractivity contribution in [3.8, 4) is 0 Å². The molecule has 1 nitrogen and oxygen atoms in total. The van der Waals surface area contributed by atoms with Crippen molar-refractivity contribution >= 4 is 0 Å². The van der Waals surface area contributed by atoms with Gasteiger partial charge in [-0.05, 0) is 61.5 Å². The molecule has 1 atom stereocenters. The highest BCUT2D eigenvalue weighted by atomic mass is 19.1. The van der Waals surface area contributed by atoms with Crippen LogP contribution in [0.5, 0.6) is 0 Å². The second-order valence-electron chi connectivity index (χ2n) is 7.63. The van der Waals surface area contributed by atoms with E-state index >= 15 is 0 Å². The topological polar surface area (TPSA) is 26.0 Å². The van der Waals surface area contributed by atoms with Crippen LogP contribution in [0.3, 0.4) is 0 Å². The van der Waals surface area contributed by atoms with Crippen LogP contribution in [0.4, 0.5) is 8.78 Å². The fourth-order valence-electron chi connectivity index (χ4n) is 3.53. The molecule has 1 saturated carbocycles. The van der Waals surface area contributed by atoms with Crippen molar-refractivity contribution in [1.29, 1.82) is 0 Å². The molecule has 2 N–H and O–H groups in total. The molecule has 1 aromatic rings. The molecule has 0 bridgehead atoms. The summed E-state index contributed by atoms with van der Waals surface area (Å²) in [4.78, 5) is 0. The zero-order valence-electron chi connectivity index (χ0n) is 13.5. The lowest BCUT2D eigenvalue weighted by molar-refractivity contribution is 0.139. The number of aryl methyl sites for hydroxylation is 1. The van der Waals surface area contributed by atoms with Crippen molar-refractivity contribution in [2.24, 2.45) is 23.0 Å². The van der Waals surface area contributed by atoms with Gasteiger partial charge < -0.3 is 5.73 Å². The van der Waals surface area contributed by atoms with Gasteiger partial charge in [-0.2, -0.15) is 0 Å². The Hall–Kier alpha value is -0.960. The molecular weight excluding hydrogens is 268 g/mol. The molecule has 0 heterocycles. The molecule has 0 spiro atoms.